The zero-order chi connectivity index (χ0) is 69.9. The second-order valence-electron chi connectivity index (χ2n) is 22.9. The van der Waals surface area contributed by atoms with Crippen LogP contribution in [0.15, 0.2) is 16.5 Å². The number of nitrogens with zero attached hydrogens (tertiary/aromatic N) is 4. The van der Waals surface area contributed by atoms with E-state index in [-0.39, 0.29) is 144 Å². The predicted molar refractivity (Wildman–Crippen MR) is 319 cm³/mol. The number of hydrogen-bond acceptors (Lipinski definition) is 24. The molecule has 0 aromatic carbocycles. The number of Topliss-reactive ketones (excluding diaryl/α,β-unsaturated/α-hetero) is 2. The van der Waals surface area contributed by atoms with Crippen molar-refractivity contribution in [1.82, 2.24) is 73.5 Å². The Bertz CT molecular complexity index is 2820. The van der Waals surface area contributed by atoms with Gasteiger partial charge in [-0.15, -0.1) is 0 Å². The van der Waals surface area contributed by atoms with Gasteiger partial charge in [-0.2, -0.15) is 0 Å². The minimum absolute atomic E-state index is 0.0143. The number of amides is 12. The van der Waals surface area contributed by atoms with Crippen molar-refractivity contribution in [3.05, 3.63) is 11.5 Å². The van der Waals surface area contributed by atoms with E-state index in [0.717, 1.165) is 6.92 Å². The van der Waals surface area contributed by atoms with Gasteiger partial charge >= 0.3 is 5.97 Å². The molecule has 0 spiro atoms. The van der Waals surface area contributed by atoms with Crippen LogP contribution >= 0.6 is 0 Å². The second-order valence-corrected chi connectivity index (χ2v) is 22.9. The molecule has 3 heterocycles. The summed E-state index contributed by atoms with van der Waals surface area (Å²) in [6.07, 6.45) is -6.15. The van der Waals surface area contributed by atoms with Crippen molar-refractivity contribution in [2.45, 2.75) is 183 Å². The minimum Gasteiger partial charge on any atom is -0.481 e. The number of rotatable bonds is 32. The van der Waals surface area contributed by atoms with Crippen molar-refractivity contribution >= 4 is 95.4 Å². The van der Waals surface area contributed by atoms with Crippen LogP contribution in [0.3, 0.4) is 0 Å². The highest BCUT2D eigenvalue weighted by molar-refractivity contribution is 6.38. The summed E-state index contributed by atoms with van der Waals surface area (Å²) in [5.74, 6) is -13.8. The van der Waals surface area contributed by atoms with Gasteiger partial charge < -0.3 is 100 Å². The zero-order valence-corrected chi connectivity index (χ0v) is 51.9. The fraction of sp³-hybridized carbons (Fsp3) is 0.673. The fourth-order valence-corrected chi connectivity index (χ4v) is 10.8. The summed E-state index contributed by atoms with van der Waals surface area (Å²) < 4.78 is 0. The van der Waals surface area contributed by atoms with Crippen LogP contribution in [0.5, 0.6) is 0 Å². The molecule has 22 N–H and O–H groups in total. The van der Waals surface area contributed by atoms with E-state index < -0.39 is 194 Å². The number of fused-ring (bicyclic) bond motifs is 3. The largest absolute Gasteiger partial charge is 0.481 e. The molecule has 94 heavy (non-hydrogen) atoms. The van der Waals surface area contributed by atoms with Gasteiger partial charge in [-0.1, -0.05) is 0 Å². The van der Waals surface area contributed by atoms with Gasteiger partial charge in [0.1, 0.15) is 60.2 Å². The van der Waals surface area contributed by atoms with Gasteiger partial charge in [0, 0.05) is 58.0 Å². The first-order valence-corrected chi connectivity index (χ1v) is 30.5. The number of aliphatic imine (C=N–C) groups is 1. The zero-order valence-electron chi connectivity index (χ0n) is 51.9. The molecule has 524 valence electrons. The van der Waals surface area contributed by atoms with Crippen LogP contribution in [0.1, 0.15) is 110 Å². The lowest BCUT2D eigenvalue weighted by molar-refractivity contribution is -0.150. The van der Waals surface area contributed by atoms with E-state index in [2.05, 4.69) is 63.5 Å². The van der Waals surface area contributed by atoms with Crippen LogP contribution in [0.4, 0.5) is 0 Å². The number of aliphatic hydroxyl groups excluding tert-OH is 4. The van der Waals surface area contributed by atoms with Crippen molar-refractivity contribution < 1.29 is 108 Å². The van der Waals surface area contributed by atoms with Crippen LogP contribution < -0.4 is 70.0 Å². The second kappa shape index (κ2) is 38.1. The molecule has 0 unspecified atom stereocenters. The first-order chi connectivity index (χ1) is 44.5. The molecule has 2 saturated heterocycles. The van der Waals surface area contributed by atoms with E-state index >= 15 is 0 Å². The Labute approximate surface area is 538 Å². The number of carbonyl (C=O) groups excluding carboxylic acids is 14. The number of allylic oxidation sites excluding steroid dienone is 1. The van der Waals surface area contributed by atoms with Crippen LogP contribution in [0.25, 0.3) is 0 Å². The summed E-state index contributed by atoms with van der Waals surface area (Å²) in [4.78, 5) is 203. The number of guanidine groups is 1. The molecule has 0 aromatic heterocycles. The number of aliphatic carboxylic acids is 1. The molecule has 13 atom stereocenters. The molecule has 1 saturated carbocycles. The maximum absolute atomic E-state index is 14.4. The van der Waals surface area contributed by atoms with Crippen molar-refractivity contribution in [1.29, 1.82) is 0 Å². The lowest BCUT2D eigenvalue weighted by atomic mass is 9.76. The molecule has 4 aliphatic rings. The molecule has 1 aliphatic carbocycles. The number of carboxylic acids is 1. The summed E-state index contributed by atoms with van der Waals surface area (Å²) in [5.41, 5.74) is 11.2. The lowest BCUT2D eigenvalue weighted by Gasteiger charge is -2.51. The van der Waals surface area contributed by atoms with Gasteiger partial charge in [-0.3, -0.25) is 87.3 Å². The van der Waals surface area contributed by atoms with Crippen molar-refractivity contribution in [2.24, 2.45) is 22.4 Å². The average Bonchev–Trinajstić information content (AvgIpc) is 0.751. The Hall–Kier alpha value is -9.18. The Balaban J connectivity index is 1.61. The van der Waals surface area contributed by atoms with Crippen LogP contribution in [-0.2, 0) is 71.9 Å². The minimum atomic E-state index is -1.96. The highest BCUT2D eigenvalue weighted by Gasteiger charge is 2.49. The smallest absolute Gasteiger partial charge is 0.303 e. The number of nitrogens with one attached hydrogen (secondary N) is 11. The topological polar surface area (TPSA) is 604 Å². The molecular weight excluding hydrogens is 1250 g/mol. The third-order valence-corrected chi connectivity index (χ3v) is 15.7. The summed E-state index contributed by atoms with van der Waals surface area (Å²) in [6.45, 7) is -0.908. The third-order valence-electron chi connectivity index (χ3n) is 15.7. The highest BCUT2D eigenvalue weighted by Crippen LogP contribution is 2.40. The van der Waals surface area contributed by atoms with E-state index in [4.69, 9.17) is 16.6 Å². The molecule has 39 nitrogen and oxygen atoms in total. The maximum atomic E-state index is 14.4. The standard InChI is InChI=1S/C55H87N17O22/c1-27(77)43-53(91)59-15-4-3-8-30(46(84)63-33(11-7-19-71(94)26-76)49(87)68-44(28(2)78)54(92)69-43)62-47(85)32(10-6-18-70(93)25-75)65-50(88)35(23-73)66-48(86)31(9-5-16-60-55(56)57)64-51(89)36(24-74)67-52(90)37-14-17-58-45-34(61-41(81)12-13-42(82)83)20-29-21-39(79)40(80)22-38(29)72(37)45/h25-33,35-38,43-44,58,73-74,77-78,93-94H,3-24H2,1-2H3,(H,59,91)(H,61,81)(H,62,85)(H,63,84)(H,64,89)(H,65,88)(H,66,86)(H,67,90)(H,68,87)(H,69,92)(H,82,83)(H4,56,57,60)/t27-,28-,29+,30+,31+,32+,33+,35-,36-,37+,38+,43+,44+/m1/s1. The molecule has 3 aliphatic heterocycles. The Kier molecular flexibility index (Phi) is 31.3. The van der Waals surface area contributed by atoms with Crippen molar-refractivity contribution in [2.75, 3.05) is 45.9 Å². The Morgan fingerprint density at radius 3 is 1.83 bits per heavy atom. The normalized spacial score (nSPS) is 23.1. The molecule has 4 rings (SSSR count). The number of aliphatic hydroxyl groups is 4. The van der Waals surface area contributed by atoms with Gasteiger partial charge in [0.05, 0.1) is 37.5 Å². The van der Waals surface area contributed by atoms with Gasteiger partial charge in [-0.25, -0.2) is 10.1 Å². The monoisotopic (exact) mass is 1340 g/mol. The number of ketones is 2. The average molecular weight is 1340 g/mol. The van der Waals surface area contributed by atoms with Gasteiger partial charge in [0.2, 0.25) is 71.9 Å². The van der Waals surface area contributed by atoms with E-state index in [1.165, 1.54) is 11.8 Å². The molecule has 0 bridgehead atoms. The first kappa shape index (κ1) is 77.3. The van der Waals surface area contributed by atoms with E-state index in [9.17, 15) is 103 Å². The summed E-state index contributed by atoms with van der Waals surface area (Å²) in [6, 6.07) is -15.8. The van der Waals surface area contributed by atoms with Gasteiger partial charge in [0.15, 0.2) is 17.5 Å². The Morgan fingerprint density at radius 1 is 0.660 bits per heavy atom. The maximum Gasteiger partial charge on any atom is 0.303 e. The van der Waals surface area contributed by atoms with Crippen molar-refractivity contribution in [3.63, 3.8) is 0 Å². The van der Waals surface area contributed by atoms with Crippen LogP contribution in [0.2, 0.25) is 0 Å². The van der Waals surface area contributed by atoms with Crippen LogP contribution in [0, 0.1) is 5.92 Å². The molecule has 0 aromatic rings. The first-order valence-electron chi connectivity index (χ1n) is 30.5. The summed E-state index contributed by atoms with van der Waals surface area (Å²) in [5, 5.41) is 98.7. The van der Waals surface area contributed by atoms with Gasteiger partial charge in [0.25, 0.3) is 0 Å². The number of nitrogens with two attached hydrogens (primary N) is 2. The van der Waals surface area contributed by atoms with Gasteiger partial charge in [-0.05, 0) is 90.4 Å². The summed E-state index contributed by atoms with van der Waals surface area (Å²) >= 11 is 0. The van der Waals surface area contributed by atoms with E-state index in [1.807, 2.05) is 0 Å². The van der Waals surface area contributed by atoms with Crippen LogP contribution in [-0.4, -0.2) is 265 Å². The predicted octanol–water partition coefficient (Wildman–Crippen LogP) is -9.65. The third kappa shape index (κ3) is 23.7. The molecule has 3 fully saturated rings. The Morgan fingerprint density at radius 2 is 1.22 bits per heavy atom. The molecule has 12 amide bonds. The fourth-order valence-electron chi connectivity index (χ4n) is 10.8. The molecule has 39 heteroatoms. The number of carboxylic acid groups (broad SMARTS) is 1. The SMILES string of the molecule is C[C@@H](O)[C@@H]1NC(=O)[C@H](CCCN(O)C=O)NC(=O)[C@@H](NC(=O)[C@H](CCCN(O)C=O)NC(=O)[C@@H](CO)NC(=O)[C@H](CCCN=C(N)N)NC(=O)[C@@H](CO)NC(=O)[C@@H]2CCNC3=C(NC(=O)CCC(=O)O)C[C@H]4CC(=O)C(=O)C[C@@H]4N32)CCCCNC(=O)[C@H]([C@@H](C)O)NC1=O. The van der Waals surface area contributed by atoms with Crippen molar-refractivity contribution in [3.8, 4) is 0 Å². The lowest BCUT2D eigenvalue weighted by Crippen LogP contribution is -2.65. The highest BCUT2D eigenvalue weighted by atomic mass is 16.5. The number of hydroxylamine groups is 4. The van der Waals surface area contributed by atoms with E-state index in [0.29, 0.717) is 0 Å². The molecule has 0 radical (unpaired) electrons. The quantitative estimate of drug-likeness (QED) is 0.00566. The summed E-state index contributed by atoms with van der Waals surface area (Å²) in [7, 11) is 0. The van der Waals surface area contributed by atoms with E-state index in [1.54, 1.807) is 0 Å². The molecular formula is C55H87N17O22. The number of carbonyl (C=O) groups is 15. The number of hydrogen-bond donors (Lipinski definition) is 20.